The molecule has 0 saturated carbocycles. The van der Waals surface area contributed by atoms with E-state index in [1.54, 1.807) is 7.05 Å². The minimum absolute atomic E-state index is 0.113. The first-order chi connectivity index (χ1) is 13.5. The fourth-order valence-corrected chi connectivity index (χ4v) is 3.20. The lowest BCUT2D eigenvalue weighted by Gasteiger charge is -2.28. The van der Waals surface area contributed by atoms with Gasteiger partial charge in [0.25, 0.3) is 5.91 Å². The summed E-state index contributed by atoms with van der Waals surface area (Å²) in [6, 6.07) is 9.27. The number of nitrogens with one attached hydrogen (secondary N) is 1. The van der Waals surface area contributed by atoms with Crippen LogP contribution in [0.3, 0.4) is 0 Å². The van der Waals surface area contributed by atoms with E-state index in [1.165, 1.54) is 4.90 Å². The molecule has 1 aromatic carbocycles. The Bertz CT molecular complexity index is 712. The van der Waals surface area contributed by atoms with Crippen molar-refractivity contribution in [3.8, 4) is 0 Å². The van der Waals surface area contributed by atoms with Gasteiger partial charge in [0.15, 0.2) is 0 Å². The van der Waals surface area contributed by atoms with Gasteiger partial charge in [-0.25, -0.2) is 0 Å². The zero-order chi connectivity index (χ0) is 20.5. The van der Waals surface area contributed by atoms with Crippen molar-refractivity contribution < 1.29 is 14.7 Å². The second-order valence-corrected chi connectivity index (χ2v) is 7.05. The van der Waals surface area contributed by atoms with E-state index in [0.717, 1.165) is 42.8 Å². The Morgan fingerprint density at radius 1 is 1.21 bits per heavy atom. The lowest BCUT2D eigenvalue weighted by molar-refractivity contribution is -0.125. The number of nitrogens with zero attached hydrogens (tertiary/aromatic N) is 3. The second-order valence-electron chi connectivity index (χ2n) is 7.05. The molecule has 0 aliphatic carbocycles. The predicted octanol–water partition coefficient (Wildman–Crippen LogP) is 2.40. The molecule has 7 heteroatoms. The SMILES string of the molecule is CCN(C)C(=O)/C(C(=N)N(C=O)Cc1ccccc1)=C(\O)CN1CCCCC1. The topological polar surface area (TPSA) is 87.9 Å². The minimum atomic E-state index is -0.457. The van der Waals surface area contributed by atoms with Gasteiger partial charge < -0.3 is 10.0 Å². The van der Waals surface area contributed by atoms with Crippen LogP contribution in [0.15, 0.2) is 41.7 Å². The van der Waals surface area contributed by atoms with Gasteiger partial charge in [0, 0.05) is 13.6 Å². The van der Waals surface area contributed by atoms with Crippen LogP contribution in [-0.4, -0.2) is 71.2 Å². The molecule has 0 bridgehead atoms. The third kappa shape index (κ3) is 5.66. The summed E-state index contributed by atoms with van der Waals surface area (Å²) in [6.07, 6.45) is 3.80. The first-order valence-electron chi connectivity index (χ1n) is 9.72. The molecule has 2 amide bonds. The number of piperidine rings is 1. The average Bonchev–Trinajstić information content (AvgIpc) is 2.72. The molecule has 1 fully saturated rings. The number of aliphatic hydroxyl groups is 1. The molecule has 7 nitrogen and oxygen atoms in total. The van der Waals surface area contributed by atoms with Crippen LogP contribution in [0.25, 0.3) is 0 Å². The zero-order valence-electron chi connectivity index (χ0n) is 16.7. The number of amides is 2. The standard InChI is InChI=1S/C21H30N4O3/c1-3-23(2)21(28)19(18(27)15-24-12-8-5-9-13-24)20(22)25(16-26)14-17-10-6-4-7-11-17/h4,6-7,10-11,16,22,27H,3,5,8-9,12-15H2,1-2H3/b19-18-,22-20?. The van der Waals surface area contributed by atoms with Gasteiger partial charge in [0.1, 0.15) is 17.2 Å². The van der Waals surface area contributed by atoms with Crippen molar-refractivity contribution in [2.24, 2.45) is 0 Å². The summed E-state index contributed by atoms with van der Waals surface area (Å²) < 4.78 is 0. The van der Waals surface area contributed by atoms with Gasteiger partial charge in [-0.15, -0.1) is 0 Å². The fraction of sp³-hybridized carbons (Fsp3) is 0.476. The highest BCUT2D eigenvalue weighted by Gasteiger charge is 2.28. The quantitative estimate of drug-likeness (QED) is 0.236. The molecular formula is C21H30N4O3. The van der Waals surface area contributed by atoms with Crippen LogP contribution in [0, 0.1) is 5.41 Å². The van der Waals surface area contributed by atoms with Crippen LogP contribution in [-0.2, 0) is 16.1 Å². The highest BCUT2D eigenvalue weighted by atomic mass is 16.3. The van der Waals surface area contributed by atoms with Crippen molar-refractivity contribution in [3.63, 3.8) is 0 Å². The Morgan fingerprint density at radius 2 is 1.86 bits per heavy atom. The molecule has 1 aliphatic heterocycles. The van der Waals surface area contributed by atoms with E-state index in [0.29, 0.717) is 13.0 Å². The maximum atomic E-state index is 12.9. The van der Waals surface area contributed by atoms with Gasteiger partial charge in [0.05, 0.1) is 13.1 Å². The number of carbonyl (C=O) groups excluding carboxylic acids is 2. The van der Waals surface area contributed by atoms with E-state index >= 15 is 0 Å². The second kappa shape index (κ2) is 10.6. The summed E-state index contributed by atoms with van der Waals surface area (Å²) in [5.74, 6) is -0.891. The Balaban J connectivity index is 2.29. The number of aliphatic hydroxyl groups excluding tert-OH is 1. The van der Waals surface area contributed by atoms with Crippen LogP contribution in [0.2, 0.25) is 0 Å². The number of hydrogen-bond donors (Lipinski definition) is 2. The van der Waals surface area contributed by atoms with Crippen molar-refractivity contribution in [1.82, 2.24) is 14.7 Å². The van der Waals surface area contributed by atoms with Crippen LogP contribution in [0.5, 0.6) is 0 Å². The summed E-state index contributed by atoms with van der Waals surface area (Å²) in [7, 11) is 1.62. The van der Waals surface area contributed by atoms with Crippen LogP contribution < -0.4 is 0 Å². The third-order valence-corrected chi connectivity index (χ3v) is 4.99. The van der Waals surface area contributed by atoms with E-state index in [4.69, 9.17) is 5.41 Å². The van der Waals surface area contributed by atoms with Crippen molar-refractivity contribution in [2.75, 3.05) is 33.2 Å². The van der Waals surface area contributed by atoms with E-state index < -0.39 is 5.91 Å². The summed E-state index contributed by atoms with van der Waals surface area (Å²) in [4.78, 5) is 29.2. The smallest absolute Gasteiger partial charge is 0.260 e. The van der Waals surface area contributed by atoms with E-state index in [2.05, 4.69) is 4.90 Å². The zero-order valence-corrected chi connectivity index (χ0v) is 16.7. The van der Waals surface area contributed by atoms with Gasteiger partial charge in [-0.2, -0.15) is 0 Å². The molecule has 0 unspecified atom stereocenters. The number of carbonyl (C=O) groups is 2. The van der Waals surface area contributed by atoms with Gasteiger partial charge in [0.2, 0.25) is 6.41 Å². The van der Waals surface area contributed by atoms with E-state index in [1.807, 2.05) is 37.3 Å². The number of hydrogen-bond acceptors (Lipinski definition) is 5. The number of likely N-dealkylation sites (tertiary alicyclic amines) is 1. The van der Waals surface area contributed by atoms with Gasteiger partial charge in [-0.05, 0) is 38.4 Å². The largest absolute Gasteiger partial charge is 0.510 e. The Hall–Kier alpha value is -2.67. The average molecular weight is 386 g/mol. The summed E-state index contributed by atoms with van der Waals surface area (Å²) in [5, 5.41) is 19.3. The molecule has 28 heavy (non-hydrogen) atoms. The molecule has 0 atom stereocenters. The molecule has 0 radical (unpaired) electrons. The molecule has 2 N–H and O–H groups in total. The Labute approximate surface area is 166 Å². The first-order valence-corrected chi connectivity index (χ1v) is 9.72. The van der Waals surface area contributed by atoms with Crippen molar-refractivity contribution >= 4 is 18.2 Å². The Kier molecular flexibility index (Phi) is 8.19. The molecule has 2 rings (SSSR count). The van der Waals surface area contributed by atoms with Gasteiger partial charge >= 0.3 is 0 Å². The Morgan fingerprint density at radius 3 is 2.43 bits per heavy atom. The lowest BCUT2D eigenvalue weighted by Crippen LogP contribution is -2.40. The minimum Gasteiger partial charge on any atom is -0.510 e. The molecule has 1 aliphatic rings. The summed E-state index contributed by atoms with van der Waals surface area (Å²) >= 11 is 0. The molecule has 0 spiro atoms. The first kappa shape index (κ1) is 21.6. The molecule has 1 heterocycles. The maximum Gasteiger partial charge on any atom is 0.260 e. The van der Waals surface area contributed by atoms with Crippen molar-refractivity contribution in [2.45, 2.75) is 32.7 Å². The normalized spacial score (nSPS) is 15.5. The molecule has 1 saturated heterocycles. The van der Waals surface area contributed by atoms with Crippen molar-refractivity contribution in [1.29, 1.82) is 5.41 Å². The predicted molar refractivity (Wildman–Crippen MR) is 109 cm³/mol. The van der Waals surface area contributed by atoms with Crippen molar-refractivity contribution in [3.05, 3.63) is 47.2 Å². The van der Waals surface area contributed by atoms with E-state index in [-0.39, 0.29) is 30.3 Å². The number of likely N-dealkylation sites (N-methyl/N-ethyl adjacent to an activating group) is 1. The van der Waals surface area contributed by atoms with Crippen LogP contribution in [0.4, 0.5) is 0 Å². The van der Waals surface area contributed by atoms with Crippen LogP contribution in [0.1, 0.15) is 31.7 Å². The van der Waals surface area contributed by atoms with Gasteiger partial charge in [-0.1, -0.05) is 36.8 Å². The van der Waals surface area contributed by atoms with E-state index in [9.17, 15) is 14.7 Å². The number of rotatable bonds is 8. The number of amidine groups is 1. The highest BCUT2D eigenvalue weighted by molar-refractivity contribution is 6.21. The fourth-order valence-electron chi connectivity index (χ4n) is 3.20. The van der Waals surface area contributed by atoms with Crippen LogP contribution >= 0.6 is 0 Å². The molecule has 152 valence electrons. The molecule has 0 aromatic heterocycles. The third-order valence-electron chi connectivity index (χ3n) is 4.99. The molecule has 1 aromatic rings. The molecular weight excluding hydrogens is 356 g/mol. The highest BCUT2D eigenvalue weighted by Crippen LogP contribution is 2.16. The lowest BCUT2D eigenvalue weighted by atomic mass is 10.1. The summed E-state index contributed by atoms with van der Waals surface area (Å²) in [6.45, 7) is 4.33. The maximum absolute atomic E-state index is 12.9. The monoisotopic (exact) mass is 386 g/mol. The summed E-state index contributed by atoms with van der Waals surface area (Å²) in [5.41, 5.74) is 0.725. The van der Waals surface area contributed by atoms with Gasteiger partial charge in [-0.3, -0.25) is 24.8 Å². The number of benzene rings is 1.